The van der Waals surface area contributed by atoms with Gasteiger partial charge in [0.15, 0.2) is 0 Å². The molecule has 3 nitrogen and oxygen atoms in total. The smallest absolute Gasteiger partial charge is 0.404 e. The van der Waals surface area contributed by atoms with E-state index < -0.39 is 6.36 Å². The first kappa shape index (κ1) is 16.7. The highest BCUT2D eigenvalue weighted by molar-refractivity contribution is 6.32. The number of rotatable bonds is 2. The number of anilines is 1. The predicted molar refractivity (Wildman–Crippen MR) is 84.1 cm³/mol. The van der Waals surface area contributed by atoms with E-state index in [0.29, 0.717) is 18.1 Å². The fourth-order valence-electron chi connectivity index (χ4n) is 3.70. The van der Waals surface area contributed by atoms with Crippen LogP contribution in [0.25, 0.3) is 0 Å². The molecule has 1 saturated heterocycles. The number of ether oxygens (including phenoxy) is 1. The summed E-state index contributed by atoms with van der Waals surface area (Å²) in [7, 11) is 0. The SMILES string of the molecule is C[C@@H]1CN(c2ccc(OC(F)(F)F)c(Cl)c2)[C@H]2CCCC[C@@H]2N1. The van der Waals surface area contributed by atoms with Crippen LogP contribution in [0.4, 0.5) is 18.9 Å². The molecule has 1 N–H and O–H groups in total. The van der Waals surface area contributed by atoms with Gasteiger partial charge in [0, 0.05) is 30.4 Å². The number of benzene rings is 1. The summed E-state index contributed by atoms with van der Waals surface area (Å²) in [6, 6.07) is 5.67. The minimum absolute atomic E-state index is 0.0154. The monoisotopic (exact) mass is 348 g/mol. The van der Waals surface area contributed by atoms with Crippen LogP contribution in [0.3, 0.4) is 0 Å². The summed E-state index contributed by atoms with van der Waals surface area (Å²) < 4.78 is 41.0. The van der Waals surface area contributed by atoms with Crippen molar-refractivity contribution in [3.63, 3.8) is 0 Å². The van der Waals surface area contributed by atoms with E-state index in [9.17, 15) is 13.2 Å². The van der Waals surface area contributed by atoms with Crippen molar-refractivity contribution in [3.05, 3.63) is 23.2 Å². The molecule has 0 unspecified atom stereocenters. The lowest BCUT2D eigenvalue weighted by atomic mass is 9.86. The molecule has 3 atom stereocenters. The van der Waals surface area contributed by atoms with Gasteiger partial charge in [-0.05, 0) is 38.0 Å². The molecule has 2 aliphatic rings. The summed E-state index contributed by atoms with van der Waals surface area (Å²) in [4.78, 5) is 2.27. The number of nitrogens with one attached hydrogen (secondary N) is 1. The van der Waals surface area contributed by atoms with E-state index >= 15 is 0 Å². The first-order valence-corrected chi connectivity index (χ1v) is 8.29. The molecule has 0 aromatic heterocycles. The van der Waals surface area contributed by atoms with Gasteiger partial charge in [0.2, 0.25) is 0 Å². The fraction of sp³-hybridized carbons (Fsp3) is 0.625. The second-order valence-corrected chi connectivity index (χ2v) is 6.75. The number of alkyl halides is 3. The lowest BCUT2D eigenvalue weighted by molar-refractivity contribution is -0.274. The number of hydrogen-bond donors (Lipinski definition) is 1. The maximum atomic E-state index is 12.3. The molecule has 1 aromatic carbocycles. The topological polar surface area (TPSA) is 24.5 Å². The van der Waals surface area contributed by atoms with Gasteiger partial charge in [-0.2, -0.15) is 0 Å². The standard InChI is InChI=1S/C16H20ClF3N2O/c1-10-9-22(14-5-3-2-4-13(14)21-10)11-6-7-15(12(17)8-11)23-16(18,19)20/h6-8,10,13-14,21H,2-5,9H2,1H3/t10-,13+,14+/m1/s1. The van der Waals surface area contributed by atoms with Gasteiger partial charge in [-0.15, -0.1) is 13.2 Å². The van der Waals surface area contributed by atoms with E-state index in [2.05, 4.69) is 21.9 Å². The van der Waals surface area contributed by atoms with Gasteiger partial charge in [-0.1, -0.05) is 24.4 Å². The second kappa shape index (κ2) is 6.40. The molecule has 0 spiro atoms. The average Bonchev–Trinajstić information content (AvgIpc) is 2.47. The number of hydrogen-bond acceptors (Lipinski definition) is 3. The molecule has 1 aliphatic carbocycles. The molecule has 128 valence electrons. The van der Waals surface area contributed by atoms with Crippen molar-refractivity contribution in [2.24, 2.45) is 0 Å². The van der Waals surface area contributed by atoms with Gasteiger partial charge in [-0.3, -0.25) is 0 Å². The van der Waals surface area contributed by atoms with E-state index in [1.54, 1.807) is 12.1 Å². The van der Waals surface area contributed by atoms with Gasteiger partial charge in [0.1, 0.15) is 5.75 Å². The van der Waals surface area contributed by atoms with Crippen LogP contribution in [0.15, 0.2) is 18.2 Å². The maximum Gasteiger partial charge on any atom is 0.573 e. The molecule has 23 heavy (non-hydrogen) atoms. The molecule has 1 aromatic rings. The normalized spacial score (nSPS) is 28.4. The van der Waals surface area contributed by atoms with Crippen molar-refractivity contribution in [1.82, 2.24) is 5.32 Å². The molecule has 3 rings (SSSR count). The van der Waals surface area contributed by atoms with Crippen molar-refractivity contribution in [2.75, 3.05) is 11.4 Å². The van der Waals surface area contributed by atoms with Crippen LogP contribution in [0.2, 0.25) is 5.02 Å². The van der Waals surface area contributed by atoms with E-state index in [-0.39, 0.29) is 10.8 Å². The molecular formula is C16H20ClF3N2O. The first-order valence-electron chi connectivity index (χ1n) is 7.91. The Hall–Kier alpha value is -1.14. The molecular weight excluding hydrogens is 329 g/mol. The average molecular weight is 349 g/mol. The summed E-state index contributed by atoms with van der Waals surface area (Å²) in [5.74, 6) is -0.355. The third kappa shape index (κ3) is 3.86. The highest BCUT2D eigenvalue weighted by atomic mass is 35.5. The molecule has 0 amide bonds. The van der Waals surface area contributed by atoms with E-state index in [1.165, 1.54) is 18.9 Å². The van der Waals surface area contributed by atoms with Crippen molar-refractivity contribution >= 4 is 17.3 Å². The molecule has 0 bridgehead atoms. The summed E-state index contributed by atoms with van der Waals surface area (Å²) in [5.41, 5.74) is 0.856. The van der Waals surface area contributed by atoms with Crippen molar-refractivity contribution in [1.29, 1.82) is 0 Å². The maximum absolute atomic E-state index is 12.3. The lowest BCUT2D eigenvalue weighted by Crippen LogP contribution is -2.62. The highest BCUT2D eigenvalue weighted by Crippen LogP contribution is 2.36. The Morgan fingerprint density at radius 2 is 2.00 bits per heavy atom. The molecule has 1 heterocycles. The molecule has 1 aliphatic heterocycles. The molecule has 0 radical (unpaired) electrons. The largest absolute Gasteiger partial charge is 0.573 e. The number of nitrogens with zero attached hydrogens (tertiary/aromatic N) is 1. The number of fused-ring (bicyclic) bond motifs is 1. The van der Waals surface area contributed by atoms with Crippen LogP contribution < -0.4 is 15.0 Å². The van der Waals surface area contributed by atoms with Crippen LogP contribution in [0.1, 0.15) is 32.6 Å². The van der Waals surface area contributed by atoms with E-state index in [1.807, 2.05) is 0 Å². The van der Waals surface area contributed by atoms with Gasteiger partial charge >= 0.3 is 6.36 Å². The van der Waals surface area contributed by atoms with Crippen LogP contribution in [0.5, 0.6) is 5.75 Å². The Bertz CT molecular complexity index is 567. The molecule has 7 heteroatoms. The number of piperazine rings is 1. The summed E-state index contributed by atoms with van der Waals surface area (Å²) >= 11 is 6.00. The van der Waals surface area contributed by atoms with E-state index in [0.717, 1.165) is 25.1 Å². The zero-order valence-corrected chi connectivity index (χ0v) is 13.6. The Balaban J connectivity index is 1.83. The zero-order valence-electron chi connectivity index (χ0n) is 12.9. The van der Waals surface area contributed by atoms with Crippen molar-refractivity contribution in [2.45, 2.75) is 57.1 Å². The minimum atomic E-state index is -4.73. The minimum Gasteiger partial charge on any atom is -0.404 e. The molecule has 2 fully saturated rings. The summed E-state index contributed by atoms with van der Waals surface area (Å²) in [6.45, 7) is 2.94. The van der Waals surface area contributed by atoms with Gasteiger partial charge in [-0.25, -0.2) is 0 Å². The summed E-state index contributed by atoms with van der Waals surface area (Å²) in [6.07, 6.45) is -0.120. The van der Waals surface area contributed by atoms with Gasteiger partial charge < -0.3 is 15.0 Å². The zero-order chi connectivity index (χ0) is 16.6. The van der Waals surface area contributed by atoms with E-state index in [4.69, 9.17) is 11.6 Å². The van der Waals surface area contributed by atoms with Crippen molar-refractivity contribution in [3.8, 4) is 5.75 Å². The first-order chi connectivity index (χ1) is 10.8. The lowest BCUT2D eigenvalue weighted by Gasteiger charge is -2.48. The quantitative estimate of drug-likeness (QED) is 0.860. The van der Waals surface area contributed by atoms with Gasteiger partial charge in [0.25, 0.3) is 0 Å². The third-order valence-corrected chi connectivity index (χ3v) is 4.87. The fourth-order valence-corrected chi connectivity index (χ4v) is 3.91. The van der Waals surface area contributed by atoms with Crippen molar-refractivity contribution < 1.29 is 17.9 Å². The van der Waals surface area contributed by atoms with Crippen LogP contribution in [0, 0.1) is 0 Å². The highest BCUT2D eigenvalue weighted by Gasteiger charge is 2.36. The third-order valence-electron chi connectivity index (χ3n) is 4.57. The predicted octanol–water partition coefficient (Wildman–Crippen LogP) is 4.35. The van der Waals surface area contributed by atoms with Crippen LogP contribution in [-0.2, 0) is 0 Å². The van der Waals surface area contributed by atoms with Gasteiger partial charge in [0.05, 0.1) is 5.02 Å². The molecule has 1 saturated carbocycles. The Labute approximate surface area is 138 Å². The number of halogens is 4. The van der Waals surface area contributed by atoms with Crippen LogP contribution in [-0.4, -0.2) is 31.0 Å². The van der Waals surface area contributed by atoms with Crippen LogP contribution >= 0.6 is 11.6 Å². The Morgan fingerprint density at radius 3 is 2.70 bits per heavy atom. The Morgan fingerprint density at radius 1 is 1.26 bits per heavy atom. The second-order valence-electron chi connectivity index (χ2n) is 6.34. The Kier molecular flexibility index (Phi) is 4.65. The summed E-state index contributed by atoms with van der Waals surface area (Å²) in [5, 5.41) is 3.61.